The summed E-state index contributed by atoms with van der Waals surface area (Å²) in [4.78, 5) is 12.1. The molecule has 1 amide bonds. The van der Waals surface area contributed by atoms with Crippen LogP contribution >= 0.6 is 0 Å². The number of hydrogen-bond acceptors (Lipinski definition) is 6. The average Bonchev–Trinajstić information content (AvgIpc) is 3.06. The van der Waals surface area contributed by atoms with E-state index in [0.717, 1.165) is 5.56 Å². The molecule has 1 aliphatic heterocycles. The molecule has 3 rings (SSSR count). The molecule has 1 aliphatic carbocycles. The van der Waals surface area contributed by atoms with E-state index >= 15 is 0 Å². The normalized spacial score (nSPS) is 30.0. The second-order valence-electron chi connectivity index (χ2n) is 6.75. The predicted molar refractivity (Wildman–Crippen MR) is 88.8 cm³/mol. The van der Waals surface area contributed by atoms with Crippen molar-refractivity contribution in [3.63, 3.8) is 0 Å². The van der Waals surface area contributed by atoms with Gasteiger partial charge in [0.25, 0.3) is 0 Å². The molecular formula is C18H25NO6. The molecule has 0 unspecified atom stereocenters. The molecule has 25 heavy (non-hydrogen) atoms. The van der Waals surface area contributed by atoms with Crippen LogP contribution in [0, 0.1) is 0 Å². The first-order valence-corrected chi connectivity index (χ1v) is 8.54. The average molecular weight is 351 g/mol. The highest BCUT2D eigenvalue weighted by molar-refractivity contribution is 5.67. The van der Waals surface area contributed by atoms with E-state index in [2.05, 4.69) is 5.32 Å². The van der Waals surface area contributed by atoms with Gasteiger partial charge in [0, 0.05) is 0 Å². The van der Waals surface area contributed by atoms with Gasteiger partial charge in [0.2, 0.25) is 0 Å². The largest absolute Gasteiger partial charge is 0.445 e. The smallest absolute Gasteiger partial charge is 0.407 e. The number of hydrogen-bond donors (Lipinski definition) is 2. The Morgan fingerprint density at radius 3 is 2.72 bits per heavy atom. The van der Waals surface area contributed by atoms with Gasteiger partial charge in [0.05, 0.1) is 25.4 Å². The maximum absolute atomic E-state index is 12.1. The van der Waals surface area contributed by atoms with Crippen LogP contribution in [-0.4, -0.2) is 54.6 Å². The first kappa shape index (κ1) is 18.1. The minimum Gasteiger partial charge on any atom is -0.445 e. The van der Waals surface area contributed by atoms with Crippen LogP contribution < -0.4 is 5.32 Å². The zero-order chi connectivity index (χ0) is 17.9. The monoisotopic (exact) mass is 351 g/mol. The highest BCUT2D eigenvalue weighted by atomic mass is 16.8. The zero-order valence-electron chi connectivity index (χ0n) is 14.5. The van der Waals surface area contributed by atoms with Crippen molar-refractivity contribution in [2.24, 2.45) is 0 Å². The van der Waals surface area contributed by atoms with E-state index in [-0.39, 0.29) is 44.2 Å². The Bertz CT molecular complexity index is 578. The Hall–Kier alpha value is -1.67. The predicted octanol–water partition coefficient (Wildman–Crippen LogP) is 1.58. The number of amides is 1. The summed E-state index contributed by atoms with van der Waals surface area (Å²) in [6.07, 6.45) is -0.766. The maximum Gasteiger partial charge on any atom is 0.407 e. The lowest BCUT2D eigenvalue weighted by atomic mass is 10.2. The van der Waals surface area contributed by atoms with Crippen LogP contribution in [0.3, 0.4) is 0 Å². The van der Waals surface area contributed by atoms with Gasteiger partial charge in [0.15, 0.2) is 5.79 Å². The van der Waals surface area contributed by atoms with Gasteiger partial charge in [-0.15, -0.1) is 0 Å². The molecule has 7 nitrogen and oxygen atoms in total. The molecule has 138 valence electrons. The fourth-order valence-electron chi connectivity index (χ4n) is 3.36. The number of nitrogens with one attached hydrogen (secondary N) is 1. The molecular weight excluding hydrogens is 326 g/mol. The van der Waals surface area contributed by atoms with Crippen LogP contribution in [0.2, 0.25) is 0 Å². The molecule has 2 N–H and O–H groups in total. The minimum atomic E-state index is -0.732. The molecule has 2 aliphatic rings. The molecule has 0 spiro atoms. The number of carbonyl (C=O) groups is 1. The van der Waals surface area contributed by atoms with Crippen molar-refractivity contribution in [1.82, 2.24) is 5.32 Å². The second kappa shape index (κ2) is 7.70. The number of fused-ring (bicyclic) bond motifs is 1. The maximum atomic E-state index is 12.1. The Kier molecular flexibility index (Phi) is 5.58. The molecule has 7 heteroatoms. The van der Waals surface area contributed by atoms with E-state index < -0.39 is 11.9 Å². The van der Waals surface area contributed by atoms with Crippen LogP contribution in [0.5, 0.6) is 0 Å². The number of benzene rings is 1. The van der Waals surface area contributed by atoms with Gasteiger partial charge in [-0.25, -0.2) is 4.79 Å². The number of carbonyl (C=O) groups excluding carboxylic acids is 1. The number of ether oxygens (including phenoxy) is 4. The molecule has 0 aromatic heterocycles. The van der Waals surface area contributed by atoms with Crippen molar-refractivity contribution >= 4 is 6.09 Å². The standard InChI is InChI=1S/C18H25NO6/c1-18(2)24-15-13(10-14(16(15)25-18)22-9-8-20)19-17(21)23-11-12-6-4-3-5-7-12/h3-7,13-16,20H,8-11H2,1-2H3,(H,19,21)/t13-,14+,15-,16-/m1/s1. The third-order valence-corrected chi connectivity index (χ3v) is 4.35. The van der Waals surface area contributed by atoms with E-state index in [1.165, 1.54) is 0 Å². The Labute approximate surface area is 147 Å². The summed E-state index contributed by atoms with van der Waals surface area (Å²) in [5, 5.41) is 11.8. The van der Waals surface area contributed by atoms with Crippen molar-refractivity contribution in [1.29, 1.82) is 0 Å². The molecule has 2 fully saturated rings. The van der Waals surface area contributed by atoms with Crippen molar-refractivity contribution < 1.29 is 28.8 Å². The van der Waals surface area contributed by atoms with Crippen LogP contribution in [-0.2, 0) is 25.6 Å². The molecule has 1 aromatic carbocycles. The van der Waals surface area contributed by atoms with Crippen molar-refractivity contribution in [3.8, 4) is 0 Å². The van der Waals surface area contributed by atoms with E-state index in [9.17, 15) is 4.79 Å². The number of aliphatic hydroxyl groups excluding tert-OH is 1. The molecule has 1 saturated heterocycles. The van der Waals surface area contributed by atoms with Gasteiger partial charge in [-0.05, 0) is 25.8 Å². The number of aliphatic hydroxyl groups is 1. The minimum absolute atomic E-state index is 0.0602. The summed E-state index contributed by atoms with van der Waals surface area (Å²) in [5.41, 5.74) is 0.924. The van der Waals surface area contributed by atoms with Crippen LogP contribution in [0.15, 0.2) is 30.3 Å². The van der Waals surface area contributed by atoms with Crippen LogP contribution in [0.1, 0.15) is 25.8 Å². The Morgan fingerprint density at radius 2 is 2.00 bits per heavy atom. The van der Waals surface area contributed by atoms with E-state index in [4.69, 9.17) is 24.1 Å². The lowest BCUT2D eigenvalue weighted by Crippen LogP contribution is -2.43. The summed E-state index contributed by atoms with van der Waals surface area (Å²) in [7, 11) is 0. The fourth-order valence-corrected chi connectivity index (χ4v) is 3.36. The van der Waals surface area contributed by atoms with E-state index in [0.29, 0.717) is 6.42 Å². The van der Waals surface area contributed by atoms with Crippen LogP contribution in [0.25, 0.3) is 0 Å². The molecule has 1 heterocycles. The SMILES string of the molecule is CC1(C)O[C@H]2[C@H](O1)[C@H](NC(=O)OCc1ccccc1)C[C@@H]2OCCO. The zero-order valence-corrected chi connectivity index (χ0v) is 14.5. The molecule has 0 bridgehead atoms. The summed E-state index contributed by atoms with van der Waals surface area (Å²) in [6.45, 7) is 4.04. The molecule has 0 radical (unpaired) electrons. The third-order valence-electron chi connectivity index (χ3n) is 4.35. The fraction of sp³-hybridized carbons (Fsp3) is 0.611. The summed E-state index contributed by atoms with van der Waals surface area (Å²) >= 11 is 0. The van der Waals surface area contributed by atoms with Gasteiger partial charge in [-0.3, -0.25) is 0 Å². The van der Waals surface area contributed by atoms with Gasteiger partial charge in [-0.2, -0.15) is 0 Å². The molecule has 1 saturated carbocycles. The lowest BCUT2D eigenvalue weighted by Gasteiger charge is -2.23. The van der Waals surface area contributed by atoms with Gasteiger partial charge < -0.3 is 29.4 Å². The lowest BCUT2D eigenvalue weighted by molar-refractivity contribution is -0.169. The summed E-state index contributed by atoms with van der Waals surface area (Å²) < 4.78 is 22.8. The van der Waals surface area contributed by atoms with Crippen molar-refractivity contribution in [3.05, 3.63) is 35.9 Å². The van der Waals surface area contributed by atoms with Gasteiger partial charge in [-0.1, -0.05) is 30.3 Å². The third kappa shape index (κ3) is 4.49. The topological polar surface area (TPSA) is 86.3 Å². The number of rotatable bonds is 6. The van der Waals surface area contributed by atoms with Crippen molar-refractivity contribution in [2.45, 2.75) is 57.0 Å². The van der Waals surface area contributed by atoms with E-state index in [1.807, 2.05) is 44.2 Å². The highest BCUT2D eigenvalue weighted by Crippen LogP contribution is 2.39. The van der Waals surface area contributed by atoms with Crippen LogP contribution in [0.4, 0.5) is 4.79 Å². The quantitative estimate of drug-likeness (QED) is 0.809. The van der Waals surface area contributed by atoms with Gasteiger partial charge >= 0.3 is 6.09 Å². The van der Waals surface area contributed by atoms with E-state index in [1.54, 1.807) is 0 Å². The van der Waals surface area contributed by atoms with Crippen molar-refractivity contribution in [2.75, 3.05) is 13.2 Å². The Morgan fingerprint density at radius 1 is 1.28 bits per heavy atom. The molecule has 4 atom stereocenters. The Balaban J connectivity index is 1.56. The number of alkyl carbamates (subject to hydrolysis) is 1. The molecule has 1 aromatic rings. The summed E-state index contributed by atoms with van der Waals surface area (Å²) in [6, 6.07) is 9.23. The first-order valence-electron chi connectivity index (χ1n) is 8.54. The summed E-state index contributed by atoms with van der Waals surface area (Å²) in [5.74, 6) is -0.732. The van der Waals surface area contributed by atoms with Gasteiger partial charge in [0.1, 0.15) is 18.8 Å². The first-order chi connectivity index (χ1) is 12.0. The second-order valence-corrected chi connectivity index (χ2v) is 6.75. The highest BCUT2D eigenvalue weighted by Gasteiger charge is 2.55.